The first-order valence-electron chi connectivity index (χ1n) is 7.55. The van der Waals surface area contributed by atoms with Crippen LogP contribution in [0.15, 0.2) is 78.9 Å². The van der Waals surface area contributed by atoms with Gasteiger partial charge in [0, 0.05) is 15.6 Å². The van der Waals surface area contributed by atoms with Crippen LogP contribution in [0.5, 0.6) is 5.75 Å². The fourth-order valence-electron chi connectivity index (χ4n) is 2.56. The van der Waals surface area contributed by atoms with Crippen LogP contribution in [0.1, 0.15) is 16.7 Å². The van der Waals surface area contributed by atoms with Crippen molar-refractivity contribution in [2.45, 2.75) is 0 Å². The summed E-state index contributed by atoms with van der Waals surface area (Å²) >= 11 is 3.62. The molecule has 0 heterocycles. The summed E-state index contributed by atoms with van der Waals surface area (Å²) in [5.41, 5.74) is 3.46. The minimum Gasteiger partial charge on any atom is -0.497 e. The molecule has 0 aliphatic rings. The highest BCUT2D eigenvalue weighted by molar-refractivity contribution is 9.15. The first-order chi connectivity index (χ1) is 11.7. The zero-order valence-corrected chi connectivity index (χ0v) is 14.8. The van der Waals surface area contributed by atoms with Gasteiger partial charge >= 0.3 is 0 Å². The molecule has 0 saturated carbocycles. The highest BCUT2D eigenvalue weighted by atomic mass is 79.9. The van der Waals surface area contributed by atoms with Crippen LogP contribution in [0.3, 0.4) is 0 Å². The Morgan fingerprint density at radius 3 is 2.00 bits per heavy atom. The van der Waals surface area contributed by atoms with Crippen molar-refractivity contribution in [2.75, 3.05) is 7.11 Å². The Bertz CT molecular complexity index is 855. The lowest BCUT2D eigenvalue weighted by Gasteiger charge is -2.14. The number of methoxy groups -OCH3 is 1. The van der Waals surface area contributed by atoms with E-state index in [1.54, 1.807) is 19.2 Å². The Morgan fingerprint density at radius 1 is 0.792 bits per heavy atom. The van der Waals surface area contributed by atoms with Gasteiger partial charge in [0.15, 0.2) is 0 Å². The van der Waals surface area contributed by atoms with Crippen molar-refractivity contribution >= 4 is 26.0 Å². The topological polar surface area (TPSA) is 9.23 Å². The Labute approximate surface area is 149 Å². The monoisotopic (exact) mass is 382 g/mol. The molecular formula is C21H16BrFO. The molecule has 0 unspecified atom stereocenters. The van der Waals surface area contributed by atoms with Gasteiger partial charge in [-0.1, -0.05) is 60.7 Å². The second kappa shape index (κ2) is 7.45. The number of ether oxygens (including phenoxy) is 1. The lowest BCUT2D eigenvalue weighted by atomic mass is 9.95. The molecule has 3 aromatic rings. The molecule has 0 aromatic heterocycles. The largest absolute Gasteiger partial charge is 0.497 e. The summed E-state index contributed by atoms with van der Waals surface area (Å²) in [6, 6.07) is 24.5. The molecule has 0 N–H and O–H groups in total. The van der Waals surface area contributed by atoms with E-state index in [0.29, 0.717) is 5.56 Å². The van der Waals surface area contributed by atoms with Crippen molar-refractivity contribution in [1.29, 1.82) is 0 Å². The molecule has 0 bridgehead atoms. The van der Waals surface area contributed by atoms with Crippen molar-refractivity contribution in [1.82, 2.24) is 0 Å². The minimum absolute atomic E-state index is 0.258. The summed E-state index contributed by atoms with van der Waals surface area (Å²) < 4.78 is 20.2. The molecule has 0 amide bonds. The van der Waals surface area contributed by atoms with Crippen molar-refractivity contribution in [3.05, 3.63) is 101 Å². The van der Waals surface area contributed by atoms with E-state index in [2.05, 4.69) is 15.9 Å². The van der Waals surface area contributed by atoms with E-state index in [1.807, 2.05) is 60.7 Å². The second-order valence-electron chi connectivity index (χ2n) is 5.26. The van der Waals surface area contributed by atoms with Crippen LogP contribution < -0.4 is 4.74 Å². The van der Waals surface area contributed by atoms with Crippen LogP contribution in [-0.4, -0.2) is 7.11 Å². The Balaban J connectivity index is 2.22. The molecular weight excluding hydrogens is 367 g/mol. The highest BCUT2D eigenvalue weighted by Gasteiger charge is 2.14. The minimum atomic E-state index is -0.258. The third kappa shape index (κ3) is 3.41. The fourth-order valence-corrected chi connectivity index (χ4v) is 3.34. The van der Waals surface area contributed by atoms with Gasteiger partial charge in [-0.3, -0.25) is 0 Å². The Morgan fingerprint density at radius 2 is 1.38 bits per heavy atom. The van der Waals surface area contributed by atoms with E-state index < -0.39 is 0 Å². The van der Waals surface area contributed by atoms with E-state index in [1.165, 1.54) is 6.07 Å². The number of benzene rings is 3. The summed E-state index contributed by atoms with van der Waals surface area (Å²) in [6.07, 6.45) is 0. The quantitative estimate of drug-likeness (QED) is 0.492. The lowest BCUT2D eigenvalue weighted by Crippen LogP contribution is -1.94. The third-order valence-corrected chi connectivity index (χ3v) is 4.59. The predicted molar refractivity (Wildman–Crippen MR) is 101 cm³/mol. The summed E-state index contributed by atoms with van der Waals surface area (Å²) in [5, 5.41) is 0. The van der Waals surface area contributed by atoms with Crippen molar-refractivity contribution in [2.24, 2.45) is 0 Å². The summed E-state index contributed by atoms with van der Waals surface area (Å²) in [6.45, 7) is 0. The van der Waals surface area contributed by atoms with Crippen molar-refractivity contribution in [3.63, 3.8) is 0 Å². The van der Waals surface area contributed by atoms with Crippen LogP contribution in [-0.2, 0) is 0 Å². The molecule has 3 aromatic carbocycles. The van der Waals surface area contributed by atoms with E-state index in [0.717, 1.165) is 26.9 Å². The maximum Gasteiger partial charge on any atom is 0.131 e. The second-order valence-corrected chi connectivity index (χ2v) is 6.06. The van der Waals surface area contributed by atoms with Gasteiger partial charge in [-0.05, 0) is 45.3 Å². The van der Waals surface area contributed by atoms with E-state index in [4.69, 9.17) is 4.74 Å². The van der Waals surface area contributed by atoms with Crippen LogP contribution >= 0.6 is 15.9 Å². The molecule has 24 heavy (non-hydrogen) atoms. The molecule has 1 nitrogen and oxygen atoms in total. The standard InChI is InChI=1S/C21H16BrFO/c1-24-17-13-11-16(12-14-17)20(15-7-3-2-4-8-15)21(22)18-9-5-6-10-19(18)23/h2-14H,1H3/b21-20-. The first-order valence-corrected chi connectivity index (χ1v) is 8.34. The maximum atomic E-state index is 14.3. The van der Waals surface area contributed by atoms with E-state index in [9.17, 15) is 4.39 Å². The zero-order chi connectivity index (χ0) is 16.9. The summed E-state index contributed by atoms with van der Waals surface area (Å²) in [4.78, 5) is 0. The molecule has 0 radical (unpaired) electrons. The average molecular weight is 383 g/mol. The van der Waals surface area contributed by atoms with Crippen molar-refractivity contribution < 1.29 is 9.13 Å². The molecule has 120 valence electrons. The number of rotatable bonds is 4. The van der Waals surface area contributed by atoms with Gasteiger partial charge in [0.1, 0.15) is 11.6 Å². The third-order valence-electron chi connectivity index (χ3n) is 3.77. The summed E-state index contributed by atoms with van der Waals surface area (Å²) in [7, 11) is 1.64. The molecule has 0 spiro atoms. The normalized spacial score (nSPS) is 11.8. The molecule has 3 heteroatoms. The maximum absolute atomic E-state index is 14.3. The van der Waals surface area contributed by atoms with Crippen LogP contribution in [0.2, 0.25) is 0 Å². The average Bonchev–Trinajstić information content (AvgIpc) is 2.64. The van der Waals surface area contributed by atoms with Crippen molar-refractivity contribution in [3.8, 4) is 5.75 Å². The van der Waals surface area contributed by atoms with Crippen LogP contribution in [0.4, 0.5) is 4.39 Å². The highest BCUT2D eigenvalue weighted by Crippen LogP contribution is 2.37. The molecule has 0 fully saturated rings. The van der Waals surface area contributed by atoms with Gasteiger partial charge in [-0.15, -0.1) is 0 Å². The molecule has 3 rings (SSSR count). The number of halogens is 2. The van der Waals surface area contributed by atoms with Crippen LogP contribution in [0.25, 0.3) is 10.1 Å². The molecule has 0 atom stereocenters. The van der Waals surface area contributed by atoms with Gasteiger partial charge < -0.3 is 4.74 Å². The fraction of sp³-hybridized carbons (Fsp3) is 0.0476. The van der Waals surface area contributed by atoms with Gasteiger partial charge in [0.2, 0.25) is 0 Å². The molecule has 0 aliphatic heterocycles. The Kier molecular flexibility index (Phi) is 5.11. The van der Waals surface area contributed by atoms with E-state index >= 15 is 0 Å². The SMILES string of the molecule is COc1ccc(/C(=C(\Br)c2ccccc2F)c2ccccc2)cc1. The zero-order valence-electron chi connectivity index (χ0n) is 13.2. The van der Waals surface area contributed by atoms with Gasteiger partial charge in [0.05, 0.1) is 7.11 Å². The predicted octanol–water partition coefficient (Wildman–Crippen LogP) is 6.15. The molecule has 0 aliphatic carbocycles. The van der Waals surface area contributed by atoms with Gasteiger partial charge in [0.25, 0.3) is 0 Å². The first kappa shape index (κ1) is 16.5. The number of hydrogen-bond donors (Lipinski definition) is 0. The van der Waals surface area contributed by atoms with E-state index in [-0.39, 0.29) is 5.82 Å². The van der Waals surface area contributed by atoms with Crippen LogP contribution in [0, 0.1) is 5.82 Å². The van der Waals surface area contributed by atoms with Gasteiger partial charge in [-0.2, -0.15) is 0 Å². The summed E-state index contributed by atoms with van der Waals surface area (Å²) in [5.74, 6) is 0.527. The molecule has 0 saturated heterocycles. The number of hydrogen-bond acceptors (Lipinski definition) is 1. The smallest absolute Gasteiger partial charge is 0.131 e. The lowest BCUT2D eigenvalue weighted by molar-refractivity contribution is 0.415. The van der Waals surface area contributed by atoms with Gasteiger partial charge in [-0.25, -0.2) is 4.39 Å². The Hall–Kier alpha value is -2.39.